The first-order chi connectivity index (χ1) is 15.0. The third-order valence-corrected chi connectivity index (χ3v) is 6.76. The van der Waals surface area contributed by atoms with Crippen molar-refractivity contribution in [1.29, 1.82) is 0 Å². The molecular weight excluding hydrogens is 390 g/mol. The number of aromatic nitrogens is 1. The summed E-state index contributed by atoms with van der Waals surface area (Å²) in [5.74, 6) is -0.945. The highest BCUT2D eigenvalue weighted by molar-refractivity contribution is 5.93. The second-order valence-corrected chi connectivity index (χ2v) is 8.91. The molecule has 4 heterocycles. The molecule has 31 heavy (non-hydrogen) atoms. The largest absolute Gasteiger partial charge is 0.360 e. The molecule has 6 heteroatoms. The number of pyridine rings is 1. The number of carbonyl (C=O) groups is 2. The van der Waals surface area contributed by atoms with Gasteiger partial charge in [-0.2, -0.15) is 0 Å². The Hall–Kier alpha value is -2.99. The molecule has 2 bridgehead atoms. The molecule has 2 aromatic rings. The molecule has 160 valence electrons. The van der Waals surface area contributed by atoms with Crippen LogP contribution in [-0.2, 0) is 27.3 Å². The van der Waals surface area contributed by atoms with Crippen molar-refractivity contribution >= 4 is 11.8 Å². The Balaban J connectivity index is 1.30. The fraction of sp³-hybridized carbons (Fsp3) is 0.400. The summed E-state index contributed by atoms with van der Waals surface area (Å²) in [6.07, 6.45) is 6.16. The van der Waals surface area contributed by atoms with Crippen LogP contribution in [0.15, 0.2) is 60.8 Å². The van der Waals surface area contributed by atoms with E-state index in [9.17, 15) is 9.59 Å². The van der Waals surface area contributed by atoms with Crippen molar-refractivity contribution in [3.05, 3.63) is 77.6 Å². The van der Waals surface area contributed by atoms with Crippen LogP contribution in [0.4, 0.5) is 0 Å². The number of hydrogen-bond acceptors (Lipinski definition) is 4. The van der Waals surface area contributed by atoms with E-state index in [1.165, 1.54) is 11.1 Å². The topological polar surface area (TPSA) is 62.7 Å². The Morgan fingerprint density at radius 2 is 2.06 bits per heavy atom. The van der Waals surface area contributed by atoms with Crippen molar-refractivity contribution in [2.45, 2.75) is 31.6 Å². The number of benzene rings is 1. The highest BCUT2D eigenvalue weighted by atomic mass is 16.5. The standard InChI is InChI=1S/C25H27N3O3/c1-17-6-8-18(9-7-17)11-14-28-16-25-12-10-20(31-25)21(22(25)24(28)30)23(29)27(2)15-19-5-3-4-13-26-19/h3-10,12-13,20-22H,11,14-16H2,1-2H3/t20-,21?,22?,25-/m0/s1. The first-order valence-corrected chi connectivity index (χ1v) is 10.8. The van der Waals surface area contributed by atoms with Gasteiger partial charge in [0.1, 0.15) is 5.60 Å². The van der Waals surface area contributed by atoms with E-state index in [0.717, 1.165) is 12.1 Å². The van der Waals surface area contributed by atoms with Gasteiger partial charge < -0.3 is 14.5 Å². The molecule has 2 saturated heterocycles. The zero-order valence-corrected chi connectivity index (χ0v) is 17.9. The zero-order chi connectivity index (χ0) is 21.6. The number of ether oxygens (including phenoxy) is 1. The van der Waals surface area contributed by atoms with Gasteiger partial charge >= 0.3 is 0 Å². The zero-order valence-electron chi connectivity index (χ0n) is 17.9. The maximum Gasteiger partial charge on any atom is 0.230 e. The molecule has 5 rings (SSSR count). The molecule has 0 radical (unpaired) electrons. The summed E-state index contributed by atoms with van der Waals surface area (Å²) in [4.78, 5) is 34.6. The van der Waals surface area contributed by atoms with Crippen LogP contribution in [-0.4, -0.2) is 58.4 Å². The number of amides is 2. The van der Waals surface area contributed by atoms with Crippen LogP contribution in [0.25, 0.3) is 0 Å². The van der Waals surface area contributed by atoms with E-state index >= 15 is 0 Å². The molecule has 0 saturated carbocycles. The van der Waals surface area contributed by atoms with E-state index in [2.05, 4.69) is 36.2 Å². The minimum atomic E-state index is -0.665. The van der Waals surface area contributed by atoms with Crippen LogP contribution in [0, 0.1) is 18.8 Å². The van der Waals surface area contributed by atoms with E-state index in [-0.39, 0.29) is 17.9 Å². The van der Waals surface area contributed by atoms with E-state index in [0.29, 0.717) is 19.6 Å². The smallest absolute Gasteiger partial charge is 0.230 e. The molecule has 1 aromatic heterocycles. The average Bonchev–Trinajstić information content (AvgIpc) is 3.41. The normalized spacial score (nSPS) is 28.3. The minimum Gasteiger partial charge on any atom is -0.360 e. The molecule has 1 aromatic carbocycles. The second-order valence-electron chi connectivity index (χ2n) is 8.91. The lowest BCUT2D eigenvalue weighted by molar-refractivity contribution is -0.142. The molecule has 3 aliphatic rings. The number of rotatable bonds is 6. The first kappa shape index (κ1) is 19.9. The van der Waals surface area contributed by atoms with E-state index in [1.807, 2.05) is 35.3 Å². The van der Waals surface area contributed by atoms with Crippen LogP contribution in [0.3, 0.4) is 0 Å². The van der Waals surface area contributed by atoms with Gasteiger partial charge in [0.15, 0.2) is 0 Å². The molecule has 2 unspecified atom stereocenters. The number of aryl methyl sites for hydroxylation is 1. The summed E-state index contributed by atoms with van der Waals surface area (Å²) in [6.45, 7) is 3.63. The molecule has 2 amide bonds. The Morgan fingerprint density at radius 3 is 2.81 bits per heavy atom. The van der Waals surface area contributed by atoms with Crippen LogP contribution in [0.2, 0.25) is 0 Å². The van der Waals surface area contributed by atoms with Crippen LogP contribution < -0.4 is 0 Å². The van der Waals surface area contributed by atoms with E-state index < -0.39 is 17.4 Å². The summed E-state index contributed by atoms with van der Waals surface area (Å²) in [5.41, 5.74) is 2.59. The van der Waals surface area contributed by atoms with E-state index in [1.54, 1.807) is 18.1 Å². The molecule has 2 fully saturated rings. The van der Waals surface area contributed by atoms with Gasteiger partial charge in [-0.1, -0.05) is 48.0 Å². The minimum absolute atomic E-state index is 0.0311. The van der Waals surface area contributed by atoms with Crippen molar-refractivity contribution in [1.82, 2.24) is 14.8 Å². The molecule has 6 nitrogen and oxygen atoms in total. The maximum absolute atomic E-state index is 13.4. The lowest BCUT2D eigenvalue weighted by atomic mass is 9.76. The van der Waals surface area contributed by atoms with Crippen LogP contribution in [0.1, 0.15) is 16.8 Å². The molecular formula is C25H27N3O3. The number of hydrogen-bond donors (Lipinski definition) is 0. The summed E-state index contributed by atoms with van der Waals surface area (Å²) < 4.78 is 6.25. The van der Waals surface area contributed by atoms with E-state index in [4.69, 9.17) is 4.74 Å². The van der Waals surface area contributed by atoms with Crippen LogP contribution >= 0.6 is 0 Å². The Bertz CT molecular complexity index is 1020. The number of fused-ring (bicyclic) bond motifs is 1. The predicted molar refractivity (Wildman–Crippen MR) is 116 cm³/mol. The summed E-state index contributed by atoms with van der Waals surface area (Å²) in [5, 5.41) is 0. The number of likely N-dealkylation sites (tertiary alicyclic amines) is 1. The Labute approximate surface area is 182 Å². The summed E-state index contributed by atoms with van der Waals surface area (Å²) in [6, 6.07) is 14.1. The Morgan fingerprint density at radius 1 is 1.26 bits per heavy atom. The summed E-state index contributed by atoms with van der Waals surface area (Å²) >= 11 is 0. The highest BCUT2D eigenvalue weighted by Gasteiger charge is 2.66. The monoisotopic (exact) mass is 417 g/mol. The highest BCUT2D eigenvalue weighted by Crippen LogP contribution is 2.52. The fourth-order valence-corrected chi connectivity index (χ4v) is 5.14. The van der Waals surface area contributed by atoms with Crippen molar-refractivity contribution < 1.29 is 14.3 Å². The van der Waals surface area contributed by atoms with Crippen molar-refractivity contribution in [2.24, 2.45) is 11.8 Å². The van der Waals surface area contributed by atoms with Crippen molar-refractivity contribution in [2.75, 3.05) is 20.1 Å². The first-order valence-electron chi connectivity index (χ1n) is 10.8. The molecule has 0 N–H and O–H groups in total. The van der Waals surface area contributed by atoms with Gasteiger partial charge in [-0.3, -0.25) is 14.6 Å². The SMILES string of the molecule is Cc1ccc(CCN2C[C@]34C=C[C@H](O3)C(C(=O)N(C)Cc3ccccn3)C4C2=O)cc1. The van der Waals surface area contributed by atoms with Gasteiger partial charge in [-0.15, -0.1) is 0 Å². The van der Waals surface area contributed by atoms with Gasteiger partial charge in [0, 0.05) is 19.8 Å². The van der Waals surface area contributed by atoms with Crippen LogP contribution in [0.5, 0.6) is 0 Å². The lowest BCUT2D eigenvalue weighted by Gasteiger charge is -2.27. The Kier molecular flexibility index (Phi) is 4.89. The second kappa shape index (κ2) is 7.61. The molecule has 4 atom stereocenters. The van der Waals surface area contributed by atoms with Gasteiger partial charge in [0.25, 0.3) is 0 Å². The maximum atomic E-state index is 13.4. The molecule has 1 spiro atoms. The van der Waals surface area contributed by atoms with Gasteiger partial charge in [0.05, 0.1) is 36.7 Å². The average molecular weight is 418 g/mol. The molecule has 0 aliphatic carbocycles. The third kappa shape index (κ3) is 3.45. The number of nitrogens with zero attached hydrogens (tertiary/aromatic N) is 3. The van der Waals surface area contributed by atoms with Crippen molar-refractivity contribution in [3.8, 4) is 0 Å². The lowest BCUT2D eigenvalue weighted by Crippen LogP contribution is -2.44. The predicted octanol–water partition coefficient (Wildman–Crippen LogP) is 2.37. The molecule has 3 aliphatic heterocycles. The van der Waals surface area contributed by atoms with Gasteiger partial charge in [-0.25, -0.2) is 0 Å². The number of carbonyl (C=O) groups excluding carboxylic acids is 2. The van der Waals surface area contributed by atoms with Gasteiger partial charge in [-0.05, 0) is 31.0 Å². The quantitative estimate of drug-likeness (QED) is 0.677. The fourth-order valence-electron chi connectivity index (χ4n) is 5.14. The summed E-state index contributed by atoms with van der Waals surface area (Å²) in [7, 11) is 1.77. The van der Waals surface area contributed by atoms with Gasteiger partial charge in [0.2, 0.25) is 11.8 Å². The third-order valence-electron chi connectivity index (χ3n) is 6.76. The van der Waals surface area contributed by atoms with Crippen molar-refractivity contribution in [3.63, 3.8) is 0 Å².